The predicted octanol–water partition coefficient (Wildman–Crippen LogP) is 3.61. The summed E-state index contributed by atoms with van der Waals surface area (Å²) in [6.45, 7) is 2.12. The molecule has 1 aromatic carbocycles. The van der Waals surface area contributed by atoms with Crippen molar-refractivity contribution in [1.29, 1.82) is 0 Å². The van der Waals surface area contributed by atoms with E-state index >= 15 is 0 Å². The van der Waals surface area contributed by atoms with Crippen LogP contribution in [-0.4, -0.2) is 11.0 Å². The van der Waals surface area contributed by atoms with Gasteiger partial charge in [-0.25, -0.2) is 4.39 Å². The topological polar surface area (TPSA) is 41.1 Å². The predicted molar refractivity (Wildman–Crippen MR) is 79.5 cm³/mol. The average Bonchev–Trinajstić information content (AvgIpc) is 2.34. The number of unbranched alkanes of at least 4 members (excludes halogenated alkanes) is 3. The highest BCUT2D eigenvalue weighted by molar-refractivity contribution is 7.80. The molecule has 0 bridgehead atoms. The number of halogens is 1. The third-order valence-corrected chi connectivity index (χ3v) is 2.80. The van der Waals surface area contributed by atoms with Crippen LogP contribution in [0.15, 0.2) is 24.3 Å². The first kappa shape index (κ1) is 15.6. The van der Waals surface area contributed by atoms with Crippen molar-refractivity contribution in [3.8, 4) is 0 Å². The van der Waals surface area contributed by atoms with Crippen LogP contribution in [0.4, 0.5) is 10.1 Å². The first-order valence-electron chi connectivity index (χ1n) is 6.48. The van der Waals surface area contributed by atoms with Gasteiger partial charge in [0.1, 0.15) is 5.82 Å². The Morgan fingerprint density at radius 2 is 2.11 bits per heavy atom. The molecule has 0 radical (unpaired) electrons. The minimum absolute atomic E-state index is 0.106. The monoisotopic (exact) mass is 282 g/mol. The minimum atomic E-state index is -0.348. The van der Waals surface area contributed by atoms with E-state index in [1.807, 2.05) is 0 Å². The van der Waals surface area contributed by atoms with E-state index in [0.717, 1.165) is 25.7 Å². The lowest BCUT2D eigenvalue weighted by Gasteiger charge is -2.09. The zero-order valence-corrected chi connectivity index (χ0v) is 11.9. The van der Waals surface area contributed by atoms with Crippen LogP contribution in [0.5, 0.6) is 0 Å². The standard InChI is InChI=1S/C14H19FN2OS/c1-2-3-4-5-9-13(18)17-14(19)16-12-8-6-7-11(15)10-12/h6-8,10H,2-5,9H2,1H3,(H2,16,17,18,19). The summed E-state index contributed by atoms with van der Waals surface area (Å²) in [6, 6.07) is 5.93. The lowest BCUT2D eigenvalue weighted by molar-refractivity contribution is -0.119. The van der Waals surface area contributed by atoms with Crippen LogP contribution in [0.25, 0.3) is 0 Å². The SMILES string of the molecule is CCCCCCC(=O)NC(=S)Nc1cccc(F)c1. The molecule has 2 N–H and O–H groups in total. The van der Waals surface area contributed by atoms with Gasteiger partial charge in [0.25, 0.3) is 0 Å². The molecular weight excluding hydrogens is 263 g/mol. The van der Waals surface area contributed by atoms with Crippen LogP contribution in [0, 0.1) is 5.82 Å². The summed E-state index contributed by atoms with van der Waals surface area (Å²) >= 11 is 4.99. The Hall–Kier alpha value is -1.49. The maximum absolute atomic E-state index is 12.9. The van der Waals surface area contributed by atoms with Gasteiger partial charge in [0.2, 0.25) is 5.91 Å². The molecule has 0 aromatic heterocycles. The first-order valence-corrected chi connectivity index (χ1v) is 6.89. The summed E-state index contributed by atoms with van der Waals surface area (Å²) in [5.41, 5.74) is 0.524. The number of hydrogen-bond donors (Lipinski definition) is 2. The number of amides is 1. The number of benzene rings is 1. The van der Waals surface area contributed by atoms with Gasteiger partial charge in [-0.15, -0.1) is 0 Å². The van der Waals surface area contributed by atoms with Crippen molar-refractivity contribution in [3.05, 3.63) is 30.1 Å². The summed E-state index contributed by atoms with van der Waals surface area (Å²) in [7, 11) is 0. The lowest BCUT2D eigenvalue weighted by atomic mass is 10.1. The molecule has 0 atom stereocenters. The Morgan fingerprint density at radius 1 is 1.32 bits per heavy atom. The molecule has 0 aliphatic rings. The first-order chi connectivity index (χ1) is 9.11. The van der Waals surface area contributed by atoms with Crippen LogP contribution < -0.4 is 10.6 Å². The molecule has 5 heteroatoms. The van der Waals surface area contributed by atoms with Gasteiger partial charge in [0, 0.05) is 12.1 Å². The van der Waals surface area contributed by atoms with Crippen molar-refractivity contribution in [2.75, 3.05) is 5.32 Å². The van der Waals surface area contributed by atoms with Gasteiger partial charge in [-0.3, -0.25) is 4.79 Å². The van der Waals surface area contributed by atoms with E-state index in [0.29, 0.717) is 12.1 Å². The Bertz CT molecular complexity index is 437. The zero-order chi connectivity index (χ0) is 14.1. The fourth-order valence-electron chi connectivity index (χ4n) is 1.63. The number of carbonyl (C=O) groups excluding carboxylic acids is 1. The summed E-state index contributed by atoms with van der Waals surface area (Å²) in [5, 5.41) is 5.56. The van der Waals surface area contributed by atoms with Crippen molar-refractivity contribution < 1.29 is 9.18 Å². The number of anilines is 1. The van der Waals surface area contributed by atoms with Crippen molar-refractivity contribution in [2.24, 2.45) is 0 Å². The second-order valence-corrected chi connectivity index (χ2v) is 4.73. The van der Waals surface area contributed by atoms with E-state index in [9.17, 15) is 9.18 Å². The fourth-order valence-corrected chi connectivity index (χ4v) is 1.86. The zero-order valence-electron chi connectivity index (χ0n) is 11.0. The Balaban J connectivity index is 2.29. The molecule has 1 rings (SSSR count). The molecule has 0 fully saturated rings. The van der Waals surface area contributed by atoms with Crippen molar-refractivity contribution in [3.63, 3.8) is 0 Å². The van der Waals surface area contributed by atoms with Crippen molar-refractivity contribution in [2.45, 2.75) is 39.0 Å². The number of carbonyl (C=O) groups is 1. The highest BCUT2D eigenvalue weighted by atomic mass is 32.1. The third-order valence-electron chi connectivity index (χ3n) is 2.59. The number of nitrogens with one attached hydrogen (secondary N) is 2. The number of hydrogen-bond acceptors (Lipinski definition) is 2. The normalized spacial score (nSPS) is 10.0. The molecule has 104 valence electrons. The van der Waals surface area contributed by atoms with Crippen LogP contribution in [0.1, 0.15) is 39.0 Å². The molecule has 0 aliphatic carbocycles. The molecule has 19 heavy (non-hydrogen) atoms. The van der Waals surface area contributed by atoms with E-state index in [1.165, 1.54) is 12.1 Å². The molecule has 0 saturated carbocycles. The Morgan fingerprint density at radius 3 is 2.79 bits per heavy atom. The third kappa shape index (κ3) is 6.86. The van der Waals surface area contributed by atoms with Gasteiger partial charge < -0.3 is 10.6 Å². The van der Waals surface area contributed by atoms with Gasteiger partial charge in [0.15, 0.2) is 5.11 Å². The molecule has 0 aliphatic heterocycles. The molecule has 0 heterocycles. The molecule has 0 saturated heterocycles. The highest BCUT2D eigenvalue weighted by Gasteiger charge is 2.04. The van der Waals surface area contributed by atoms with Gasteiger partial charge >= 0.3 is 0 Å². The van der Waals surface area contributed by atoms with Crippen molar-refractivity contribution >= 4 is 28.9 Å². The van der Waals surface area contributed by atoms with Gasteiger partial charge in [-0.2, -0.15) is 0 Å². The smallest absolute Gasteiger partial charge is 0.226 e. The van der Waals surface area contributed by atoms with E-state index < -0.39 is 0 Å². The van der Waals surface area contributed by atoms with E-state index in [2.05, 4.69) is 17.6 Å². The molecule has 0 unspecified atom stereocenters. The summed E-state index contributed by atoms with van der Waals surface area (Å²) < 4.78 is 12.9. The van der Waals surface area contributed by atoms with Crippen LogP contribution in [-0.2, 0) is 4.79 Å². The fraction of sp³-hybridized carbons (Fsp3) is 0.429. The summed E-state index contributed by atoms with van der Waals surface area (Å²) in [4.78, 5) is 11.6. The molecule has 1 aromatic rings. The van der Waals surface area contributed by atoms with Crippen molar-refractivity contribution in [1.82, 2.24) is 5.32 Å². The quantitative estimate of drug-likeness (QED) is 0.618. The molecule has 0 spiro atoms. The molecule has 1 amide bonds. The van der Waals surface area contributed by atoms with Gasteiger partial charge in [-0.05, 0) is 36.8 Å². The van der Waals surface area contributed by atoms with E-state index in [-0.39, 0.29) is 16.8 Å². The number of rotatable bonds is 6. The second-order valence-electron chi connectivity index (χ2n) is 4.32. The largest absolute Gasteiger partial charge is 0.332 e. The highest BCUT2D eigenvalue weighted by Crippen LogP contribution is 2.08. The molecule has 3 nitrogen and oxygen atoms in total. The average molecular weight is 282 g/mol. The van der Waals surface area contributed by atoms with E-state index in [4.69, 9.17) is 12.2 Å². The van der Waals surface area contributed by atoms with Crippen LogP contribution >= 0.6 is 12.2 Å². The summed E-state index contributed by atoms with van der Waals surface area (Å²) in [6.07, 6.45) is 4.65. The Labute approximate surface area is 118 Å². The van der Waals surface area contributed by atoms with Crippen LogP contribution in [0.3, 0.4) is 0 Å². The summed E-state index contributed by atoms with van der Waals surface area (Å²) in [5.74, 6) is -0.455. The lowest BCUT2D eigenvalue weighted by Crippen LogP contribution is -2.33. The molecular formula is C14H19FN2OS. The number of thiocarbonyl (C=S) groups is 1. The maximum atomic E-state index is 12.9. The maximum Gasteiger partial charge on any atom is 0.226 e. The van der Waals surface area contributed by atoms with Gasteiger partial charge in [-0.1, -0.05) is 32.3 Å². The second kappa shape index (κ2) is 8.58. The van der Waals surface area contributed by atoms with Gasteiger partial charge in [0.05, 0.1) is 0 Å². The minimum Gasteiger partial charge on any atom is -0.332 e. The van der Waals surface area contributed by atoms with Crippen LogP contribution in [0.2, 0.25) is 0 Å². The van der Waals surface area contributed by atoms with E-state index in [1.54, 1.807) is 12.1 Å². The Kier molecular flexibility index (Phi) is 7.03.